The number of rotatable bonds is 6. The number of hydrogen-bond donors (Lipinski definition) is 1. The fourth-order valence-electron chi connectivity index (χ4n) is 2.32. The molecule has 0 spiro atoms. The number of nitrogens with zero attached hydrogens (tertiary/aromatic N) is 1. The Bertz CT molecular complexity index is 317. The molecule has 1 aliphatic rings. The Morgan fingerprint density at radius 2 is 2.18 bits per heavy atom. The van der Waals surface area contributed by atoms with Gasteiger partial charge in [0, 0.05) is 18.5 Å². The van der Waals surface area contributed by atoms with Gasteiger partial charge in [0.25, 0.3) is 0 Å². The van der Waals surface area contributed by atoms with Gasteiger partial charge in [-0.15, -0.1) is 0 Å². The van der Waals surface area contributed by atoms with Crippen molar-refractivity contribution >= 4 is 17.6 Å². The van der Waals surface area contributed by atoms with E-state index in [2.05, 4.69) is 41.1 Å². The minimum absolute atomic E-state index is 0.933. The molecule has 1 N–H and O–H groups in total. The van der Waals surface area contributed by atoms with Crippen molar-refractivity contribution in [3.63, 3.8) is 0 Å². The third-order valence-electron chi connectivity index (χ3n) is 3.28. The van der Waals surface area contributed by atoms with Crippen molar-refractivity contribution in [2.75, 3.05) is 17.6 Å². The van der Waals surface area contributed by atoms with Crippen LogP contribution in [0, 0.1) is 5.92 Å². The fraction of sp³-hybridized carbons (Fsp3) is 0.643. The molecule has 0 amide bonds. The number of nitrogens with one attached hydrogen (secondary N) is 1. The molecular weight excluding hydrogens is 228 g/mol. The molecule has 2 rings (SSSR count). The lowest BCUT2D eigenvalue weighted by atomic mass is 10.1. The van der Waals surface area contributed by atoms with Gasteiger partial charge in [-0.25, -0.2) is 4.98 Å². The van der Waals surface area contributed by atoms with Crippen LogP contribution < -0.4 is 5.32 Å². The van der Waals surface area contributed by atoms with Gasteiger partial charge in [-0.2, -0.15) is 11.8 Å². The number of aromatic nitrogens is 1. The van der Waals surface area contributed by atoms with Gasteiger partial charge < -0.3 is 5.32 Å². The molecule has 2 nitrogen and oxygen atoms in total. The Kier molecular flexibility index (Phi) is 5.17. The SMILES string of the molecule is CCNc1ccc(CSCC2CCCC2)cn1. The minimum atomic E-state index is 0.933. The number of anilines is 1. The van der Waals surface area contributed by atoms with E-state index in [1.54, 1.807) is 0 Å². The Hall–Kier alpha value is -0.700. The van der Waals surface area contributed by atoms with Gasteiger partial charge in [-0.3, -0.25) is 0 Å². The second-order valence-corrected chi connectivity index (χ2v) is 5.78. The van der Waals surface area contributed by atoms with E-state index in [9.17, 15) is 0 Å². The van der Waals surface area contributed by atoms with E-state index in [-0.39, 0.29) is 0 Å². The molecule has 0 aliphatic heterocycles. The lowest BCUT2D eigenvalue weighted by Crippen LogP contribution is -1.99. The molecule has 1 saturated carbocycles. The molecule has 94 valence electrons. The van der Waals surface area contributed by atoms with Crippen LogP contribution in [0.4, 0.5) is 5.82 Å². The average Bonchev–Trinajstić information content (AvgIpc) is 2.85. The third kappa shape index (κ3) is 4.23. The first-order valence-electron chi connectivity index (χ1n) is 6.65. The first-order valence-corrected chi connectivity index (χ1v) is 7.80. The number of pyridine rings is 1. The zero-order valence-electron chi connectivity index (χ0n) is 10.6. The summed E-state index contributed by atoms with van der Waals surface area (Å²) in [6.45, 7) is 3.02. The Morgan fingerprint density at radius 3 is 2.82 bits per heavy atom. The largest absolute Gasteiger partial charge is 0.370 e. The van der Waals surface area contributed by atoms with Gasteiger partial charge >= 0.3 is 0 Å². The first-order chi connectivity index (χ1) is 8.38. The molecule has 1 heterocycles. The lowest BCUT2D eigenvalue weighted by Gasteiger charge is -2.08. The van der Waals surface area contributed by atoms with Crippen LogP contribution in [0.5, 0.6) is 0 Å². The van der Waals surface area contributed by atoms with E-state index in [4.69, 9.17) is 0 Å². The summed E-state index contributed by atoms with van der Waals surface area (Å²) in [6, 6.07) is 4.27. The third-order valence-corrected chi connectivity index (χ3v) is 4.52. The fourth-order valence-corrected chi connectivity index (χ4v) is 3.51. The van der Waals surface area contributed by atoms with Crippen molar-refractivity contribution in [2.24, 2.45) is 5.92 Å². The highest BCUT2D eigenvalue weighted by Crippen LogP contribution is 2.28. The van der Waals surface area contributed by atoms with Crippen molar-refractivity contribution in [1.82, 2.24) is 4.98 Å². The smallest absolute Gasteiger partial charge is 0.125 e. The summed E-state index contributed by atoms with van der Waals surface area (Å²) in [5, 5.41) is 3.22. The highest BCUT2D eigenvalue weighted by molar-refractivity contribution is 7.98. The molecule has 0 saturated heterocycles. The van der Waals surface area contributed by atoms with Crippen LogP contribution in [0.15, 0.2) is 18.3 Å². The maximum Gasteiger partial charge on any atom is 0.125 e. The van der Waals surface area contributed by atoms with E-state index in [0.717, 1.165) is 24.0 Å². The van der Waals surface area contributed by atoms with E-state index in [1.807, 2.05) is 6.20 Å². The van der Waals surface area contributed by atoms with Crippen molar-refractivity contribution in [2.45, 2.75) is 38.4 Å². The molecule has 0 bridgehead atoms. The molecule has 1 aliphatic carbocycles. The van der Waals surface area contributed by atoms with Crippen LogP contribution in [-0.4, -0.2) is 17.3 Å². The molecule has 3 heteroatoms. The molecule has 0 atom stereocenters. The van der Waals surface area contributed by atoms with Gasteiger partial charge in [0.15, 0.2) is 0 Å². The van der Waals surface area contributed by atoms with Crippen molar-refractivity contribution < 1.29 is 0 Å². The van der Waals surface area contributed by atoms with Gasteiger partial charge in [0.05, 0.1) is 0 Å². The molecular formula is C14H22N2S. The number of thioether (sulfide) groups is 1. The predicted octanol–water partition coefficient (Wildman–Crippen LogP) is 3.94. The minimum Gasteiger partial charge on any atom is -0.370 e. The topological polar surface area (TPSA) is 24.9 Å². The number of hydrogen-bond acceptors (Lipinski definition) is 3. The Balaban J connectivity index is 1.70. The quantitative estimate of drug-likeness (QED) is 0.828. The highest BCUT2D eigenvalue weighted by atomic mass is 32.2. The second-order valence-electron chi connectivity index (χ2n) is 4.75. The summed E-state index contributed by atoms with van der Waals surface area (Å²) in [4.78, 5) is 4.39. The summed E-state index contributed by atoms with van der Waals surface area (Å²) < 4.78 is 0. The molecule has 1 fully saturated rings. The van der Waals surface area contributed by atoms with E-state index in [0.29, 0.717) is 0 Å². The average molecular weight is 250 g/mol. The van der Waals surface area contributed by atoms with Crippen LogP contribution in [0.1, 0.15) is 38.2 Å². The van der Waals surface area contributed by atoms with Gasteiger partial charge in [0.2, 0.25) is 0 Å². The molecule has 0 aromatic carbocycles. The van der Waals surface area contributed by atoms with Crippen molar-refractivity contribution in [1.29, 1.82) is 0 Å². The van der Waals surface area contributed by atoms with Crippen LogP contribution in [0.2, 0.25) is 0 Å². The van der Waals surface area contributed by atoms with E-state index in [1.165, 1.54) is 37.0 Å². The normalized spacial score (nSPS) is 16.3. The molecule has 0 unspecified atom stereocenters. The predicted molar refractivity (Wildman–Crippen MR) is 76.5 cm³/mol. The standard InChI is InChI=1S/C14H22N2S/c1-2-15-14-8-7-13(9-16-14)11-17-10-12-5-3-4-6-12/h7-9,12H,2-6,10-11H2,1H3,(H,15,16). The first kappa shape index (κ1) is 12.7. The van der Waals surface area contributed by atoms with Crippen molar-refractivity contribution in [3.8, 4) is 0 Å². The highest BCUT2D eigenvalue weighted by Gasteiger charge is 2.14. The van der Waals surface area contributed by atoms with Crippen molar-refractivity contribution in [3.05, 3.63) is 23.9 Å². The van der Waals surface area contributed by atoms with Crippen LogP contribution >= 0.6 is 11.8 Å². The summed E-state index contributed by atoms with van der Waals surface area (Å²) in [7, 11) is 0. The molecule has 1 aromatic heterocycles. The molecule has 17 heavy (non-hydrogen) atoms. The summed E-state index contributed by atoms with van der Waals surface area (Å²) >= 11 is 2.06. The van der Waals surface area contributed by atoms with Crippen LogP contribution in [-0.2, 0) is 5.75 Å². The second kappa shape index (κ2) is 6.90. The summed E-state index contributed by atoms with van der Waals surface area (Å²) in [5.41, 5.74) is 1.34. The van der Waals surface area contributed by atoms with E-state index >= 15 is 0 Å². The van der Waals surface area contributed by atoms with Gasteiger partial charge in [0.1, 0.15) is 5.82 Å². The Labute approximate surface area is 109 Å². The summed E-state index contributed by atoms with van der Waals surface area (Å²) in [6.07, 6.45) is 7.79. The Morgan fingerprint density at radius 1 is 1.35 bits per heavy atom. The van der Waals surface area contributed by atoms with Gasteiger partial charge in [-0.1, -0.05) is 18.9 Å². The maximum atomic E-state index is 4.39. The maximum absolute atomic E-state index is 4.39. The summed E-state index contributed by atoms with van der Waals surface area (Å²) in [5.74, 6) is 4.40. The zero-order valence-corrected chi connectivity index (χ0v) is 11.4. The zero-order chi connectivity index (χ0) is 11.9. The van der Waals surface area contributed by atoms with Crippen LogP contribution in [0.3, 0.4) is 0 Å². The molecule has 0 radical (unpaired) electrons. The van der Waals surface area contributed by atoms with E-state index < -0.39 is 0 Å². The van der Waals surface area contributed by atoms with Gasteiger partial charge in [-0.05, 0) is 43.1 Å². The monoisotopic (exact) mass is 250 g/mol. The molecule has 1 aromatic rings. The van der Waals surface area contributed by atoms with Crippen LogP contribution in [0.25, 0.3) is 0 Å². The lowest BCUT2D eigenvalue weighted by molar-refractivity contribution is 0.623.